The third-order valence-corrected chi connectivity index (χ3v) is 3.29. The quantitative estimate of drug-likeness (QED) is 0.706. The summed E-state index contributed by atoms with van der Waals surface area (Å²) in [7, 11) is 0. The smallest absolute Gasteiger partial charge is 0.137 e. The molecule has 0 bridgehead atoms. The largest absolute Gasteiger partial charge is 0.508 e. The van der Waals surface area contributed by atoms with Crippen molar-refractivity contribution in [3.05, 3.63) is 23.1 Å². The lowest BCUT2D eigenvalue weighted by molar-refractivity contribution is 0.474. The van der Waals surface area contributed by atoms with Gasteiger partial charge in [0.1, 0.15) is 11.5 Å². The van der Waals surface area contributed by atoms with E-state index in [0.29, 0.717) is 18.7 Å². The highest BCUT2D eigenvalue weighted by atomic mass is 32.1. The Bertz CT molecular complexity index is 464. The topological polar surface area (TPSA) is 66.5 Å². The van der Waals surface area contributed by atoms with Crippen LogP contribution in [-0.4, -0.2) is 16.8 Å². The summed E-state index contributed by atoms with van der Waals surface area (Å²) in [6, 6.07) is 4.94. The average molecular weight is 209 g/mol. The number of hydrogen-bond donors (Lipinski definition) is 3. The molecule has 0 radical (unpaired) electrons. The number of hydrogen-bond acceptors (Lipinski definition) is 4. The van der Waals surface area contributed by atoms with Crippen LogP contribution in [0.15, 0.2) is 18.2 Å². The van der Waals surface area contributed by atoms with E-state index in [-0.39, 0.29) is 5.75 Å². The van der Waals surface area contributed by atoms with Crippen LogP contribution in [-0.2, 0) is 6.42 Å². The molecule has 0 saturated carbocycles. The van der Waals surface area contributed by atoms with E-state index in [0.717, 1.165) is 15.0 Å². The van der Waals surface area contributed by atoms with Gasteiger partial charge in [0.25, 0.3) is 0 Å². The molecule has 2 aromatic rings. The second-order valence-corrected chi connectivity index (χ2v) is 4.23. The molecule has 0 fully saturated rings. The van der Waals surface area contributed by atoms with Crippen LogP contribution < -0.4 is 5.73 Å². The molecule has 4 heteroatoms. The second-order valence-electron chi connectivity index (χ2n) is 3.09. The van der Waals surface area contributed by atoms with Gasteiger partial charge < -0.3 is 15.9 Å². The van der Waals surface area contributed by atoms with Crippen LogP contribution in [0.2, 0.25) is 0 Å². The number of rotatable bonds is 2. The third-order valence-electron chi connectivity index (χ3n) is 2.09. The van der Waals surface area contributed by atoms with E-state index in [1.54, 1.807) is 18.2 Å². The van der Waals surface area contributed by atoms with E-state index in [2.05, 4.69) is 0 Å². The molecule has 0 amide bonds. The summed E-state index contributed by atoms with van der Waals surface area (Å²) in [5, 5.41) is 19.8. The first-order valence-corrected chi connectivity index (χ1v) is 5.17. The van der Waals surface area contributed by atoms with Gasteiger partial charge in [-0.15, -0.1) is 11.3 Å². The van der Waals surface area contributed by atoms with Crippen molar-refractivity contribution in [2.45, 2.75) is 6.42 Å². The van der Waals surface area contributed by atoms with Gasteiger partial charge in [-0.05, 0) is 31.2 Å². The Morgan fingerprint density at radius 1 is 1.29 bits per heavy atom. The van der Waals surface area contributed by atoms with Crippen molar-refractivity contribution in [2.24, 2.45) is 5.73 Å². The summed E-state index contributed by atoms with van der Waals surface area (Å²) in [6.45, 7) is 0.520. The van der Waals surface area contributed by atoms with Crippen LogP contribution in [0.5, 0.6) is 11.5 Å². The predicted molar refractivity (Wildman–Crippen MR) is 57.9 cm³/mol. The highest BCUT2D eigenvalue weighted by molar-refractivity contribution is 7.19. The van der Waals surface area contributed by atoms with E-state index in [4.69, 9.17) is 5.73 Å². The maximum Gasteiger partial charge on any atom is 0.137 e. The molecule has 0 aliphatic heterocycles. The first kappa shape index (κ1) is 9.30. The van der Waals surface area contributed by atoms with Crippen LogP contribution >= 0.6 is 11.3 Å². The summed E-state index contributed by atoms with van der Waals surface area (Å²) in [5.41, 5.74) is 5.43. The standard InChI is InChI=1S/C10H11NO2S/c11-4-3-8-10(13)7-2-1-6(12)5-9(7)14-8/h1-2,5,12-13H,3-4,11H2. The molecule has 0 saturated heterocycles. The average Bonchev–Trinajstić information content (AvgIpc) is 2.44. The van der Waals surface area contributed by atoms with E-state index in [9.17, 15) is 10.2 Å². The highest BCUT2D eigenvalue weighted by Gasteiger charge is 2.10. The molecule has 2 rings (SSSR count). The fourth-order valence-corrected chi connectivity index (χ4v) is 2.57. The molecule has 0 atom stereocenters. The summed E-state index contributed by atoms with van der Waals surface area (Å²) < 4.78 is 0.894. The second kappa shape index (κ2) is 3.48. The maximum atomic E-state index is 9.78. The Hall–Kier alpha value is -1.26. The lowest BCUT2D eigenvalue weighted by Crippen LogP contribution is -2.00. The molecule has 0 spiro atoms. The molecule has 74 valence electrons. The lowest BCUT2D eigenvalue weighted by Gasteiger charge is -1.93. The van der Waals surface area contributed by atoms with Gasteiger partial charge in [-0.3, -0.25) is 0 Å². The molecule has 14 heavy (non-hydrogen) atoms. The maximum absolute atomic E-state index is 9.78. The van der Waals surface area contributed by atoms with Gasteiger partial charge in [0.15, 0.2) is 0 Å². The first-order chi connectivity index (χ1) is 6.72. The summed E-state index contributed by atoms with van der Waals surface area (Å²) >= 11 is 1.47. The Morgan fingerprint density at radius 2 is 2.07 bits per heavy atom. The highest BCUT2D eigenvalue weighted by Crippen LogP contribution is 2.38. The van der Waals surface area contributed by atoms with Crippen LogP contribution in [0, 0.1) is 0 Å². The normalized spacial score (nSPS) is 10.9. The molecule has 0 aliphatic rings. The molecule has 1 aromatic carbocycles. The van der Waals surface area contributed by atoms with E-state index in [1.165, 1.54) is 11.3 Å². The van der Waals surface area contributed by atoms with Crippen LogP contribution in [0.1, 0.15) is 4.88 Å². The third kappa shape index (κ3) is 1.42. The van der Waals surface area contributed by atoms with Gasteiger partial charge in [0.2, 0.25) is 0 Å². The van der Waals surface area contributed by atoms with Gasteiger partial charge in [-0.1, -0.05) is 0 Å². The minimum Gasteiger partial charge on any atom is -0.508 e. The van der Waals surface area contributed by atoms with Crippen molar-refractivity contribution in [1.29, 1.82) is 0 Å². The predicted octanol–water partition coefficient (Wildman–Crippen LogP) is 1.81. The van der Waals surface area contributed by atoms with Crippen LogP contribution in [0.25, 0.3) is 10.1 Å². The van der Waals surface area contributed by atoms with Crippen LogP contribution in [0.3, 0.4) is 0 Å². The lowest BCUT2D eigenvalue weighted by atomic mass is 10.2. The summed E-state index contributed by atoms with van der Waals surface area (Å²) in [4.78, 5) is 0.883. The van der Waals surface area contributed by atoms with Crippen molar-refractivity contribution >= 4 is 21.4 Å². The molecule has 4 N–H and O–H groups in total. The molecule has 0 unspecified atom stereocenters. The fourth-order valence-electron chi connectivity index (χ4n) is 1.42. The molecular formula is C10H11NO2S. The number of aromatic hydroxyl groups is 2. The SMILES string of the molecule is NCCc1sc2cc(O)ccc2c1O. The summed E-state index contributed by atoms with van der Waals surface area (Å²) in [6.07, 6.45) is 0.673. The minimum atomic E-state index is 0.220. The van der Waals surface area contributed by atoms with Crippen LogP contribution in [0.4, 0.5) is 0 Å². The van der Waals surface area contributed by atoms with Gasteiger partial charge in [0.05, 0.1) is 0 Å². The van der Waals surface area contributed by atoms with Crippen molar-refractivity contribution in [1.82, 2.24) is 0 Å². The van der Waals surface area contributed by atoms with Crippen molar-refractivity contribution < 1.29 is 10.2 Å². The van der Waals surface area contributed by atoms with Crippen molar-refractivity contribution in [3.63, 3.8) is 0 Å². The number of fused-ring (bicyclic) bond motifs is 1. The number of thiophene rings is 1. The van der Waals surface area contributed by atoms with E-state index in [1.807, 2.05) is 0 Å². The number of phenols is 1. The number of benzene rings is 1. The summed E-state index contributed by atoms with van der Waals surface area (Å²) in [5.74, 6) is 0.522. The molecule has 1 heterocycles. The molecule has 0 aliphatic carbocycles. The van der Waals surface area contributed by atoms with Crippen molar-refractivity contribution in [3.8, 4) is 11.5 Å². The zero-order valence-electron chi connectivity index (χ0n) is 7.53. The first-order valence-electron chi connectivity index (χ1n) is 4.36. The van der Waals surface area contributed by atoms with Gasteiger partial charge in [-0.2, -0.15) is 0 Å². The number of nitrogens with two attached hydrogens (primary N) is 1. The molecule has 3 nitrogen and oxygen atoms in total. The Morgan fingerprint density at radius 3 is 2.79 bits per heavy atom. The fraction of sp³-hybridized carbons (Fsp3) is 0.200. The minimum absolute atomic E-state index is 0.220. The monoisotopic (exact) mass is 209 g/mol. The molecule has 1 aromatic heterocycles. The van der Waals surface area contributed by atoms with Gasteiger partial charge in [-0.25, -0.2) is 0 Å². The van der Waals surface area contributed by atoms with E-state index < -0.39 is 0 Å². The Kier molecular flexibility index (Phi) is 2.31. The van der Waals surface area contributed by atoms with Gasteiger partial charge in [0, 0.05) is 15.0 Å². The van der Waals surface area contributed by atoms with Crippen molar-refractivity contribution in [2.75, 3.05) is 6.54 Å². The zero-order valence-corrected chi connectivity index (χ0v) is 8.34. The Labute approximate surface area is 85.4 Å². The molecular weight excluding hydrogens is 198 g/mol. The Balaban J connectivity index is 2.61. The number of phenolic OH excluding ortho intramolecular Hbond substituents is 1. The van der Waals surface area contributed by atoms with Gasteiger partial charge >= 0.3 is 0 Å². The zero-order chi connectivity index (χ0) is 10.1. The van der Waals surface area contributed by atoms with E-state index >= 15 is 0 Å².